The van der Waals surface area contributed by atoms with Gasteiger partial charge < -0.3 is 0 Å². The number of hydrogen-bond acceptors (Lipinski definition) is 1. The third-order valence-corrected chi connectivity index (χ3v) is 2.08. The number of aryl methyl sites for hydroxylation is 1. The Morgan fingerprint density at radius 1 is 1.40 bits per heavy atom. The summed E-state index contributed by atoms with van der Waals surface area (Å²) >= 11 is 5.55. The van der Waals surface area contributed by atoms with Crippen molar-refractivity contribution in [2.45, 2.75) is 19.8 Å². The number of benzene rings is 1. The van der Waals surface area contributed by atoms with E-state index in [4.69, 9.17) is 11.6 Å². The highest BCUT2D eigenvalue weighted by atomic mass is 35.5. The molecule has 1 nitrogen and oxygen atoms in total. The molecule has 0 heterocycles. The van der Waals surface area contributed by atoms with Gasteiger partial charge >= 0.3 is 5.92 Å². The molecule has 0 atom stereocenters. The normalized spacial score (nSPS) is 11.6. The second kappa shape index (κ2) is 3.85. The number of halogens is 4. The van der Waals surface area contributed by atoms with Gasteiger partial charge in [0.15, 0.2) is 0 Å². The van der Waals surface area contributed by atoms with E-state index < -0.39 is 23.1 Å². The predicted octanol–water partition coefficient (Wildman–Crippen LogP) is 3.63. The fourth-order valence-electron chi connectivity index (χ4n) is 1.13. The molecular formula is C10H8ClF3O. The number of hydrogen-bond donors (Lipinski definition) is 0. The molecule has 0 aliphatic carbocycles. The summed E-state index contributed by atoms with van der Waals surface area (Å²) in [6.07, 6.45) is 0. The second-order valence-electron chi connectivity index (χ2n) is 3.30. The van der Waals surface area contributed by atoms with Gasteiger partial charge in [0, 0.05) is 11.9 Å². The van der Waals surface area contributed by atoms with Gasteiger partial charge in [-0.25, -0.2) is 4.39 Å². The first kappa shape index (κ1) is 12.0. The fourth-order valence-corrected chi connectivity index (χ4v) is 1.40. The van der Waals surface area contributed by atoms with Gasteiger partial charge in [-0.05, 0) is 24.6 Å². The molecule has 0 aliphatic rings. The molecule has 5 heteroatoms. The van der Waals surface area contributed by atoms with Gasteiger partial charge in [0.2, 0.25) is 5.78 Å². The number of alkyl halides is 2. The number of carbonyl (C=O) groups is 1. The second-order valence-corrected chi connectivity index (χ2v) is 3.74. The van der Waals surface area contributed by atoms with Crippen molar-refractivity contribution in [2.24, 2.45) is 0 Å². The molecule has 0 amide bonds. The Hall–Kier alpha value is -1.03. The standard InChI is InChI=1S/C10H8ClF3O/c1-5-3-6(11)4-7(8(5)12)9(15)10(2,13)14/h3-4H,1-2H3. The summed E-state index contributed by atoms with van der Waals surface area (Å²) in [5.41, 5.74) is -0.609. The first-order valence-corrected chi connectivity index (χ1v) is 4.49. The maximum Gasteiger partial charge on any atom is 0.307 e. The van der Waals surface area contributed by atoms with E-state index in [2.05, 4.69) is 0 Å². The van der Waals surface area contributed by atoms with Crippen molar-refractivity contribution < 1.29 is 18.0 Å². The summed E-state index contributed by atoms with van der Waals surface area (Å²) in [7, 11) is 0. The van der Waals surface area contributed by atoms with Crippen molar-refractivity contribution in [1.82, 2.24) is 0 Å². The van der Waals surface area contributed by atoms with Gasteiger partial charge in [-0.1, -0.05) is 11.6 Å². The highest BCUT2D eigenvalue weighted by Crippen LogP contribution is 2.25. The van der Waals surface area contributed by atoms with Crippen LogP contribution >= 0.6 is 11.6 Å². The van der Waals surface area contributed by atoms with Crippen LogP contribution < -0.4 is 0 Å². The Morgan fingerprint density at radius 3 is 2.40 bits per heavy atom. The van der Waals surface area contributed by atoms with Crippen LogP contribution in [0, 0.1) is 12.7 Å². The van der Waals surface area contributed by atoms with Crippen LogP contribution in [0.2, 0.25) is 5.02 Å². The summed E-state index contributed by atoms with van der Waals surface area (Å²) in [6, 6.07) is 2.17. The van der Waals surface area contributed by atoms with Crippen LogP contribution in [0.1, 0.15) is 22.8 Å². The molecule has 82 valence electrons. The first-order chi connectivity index (χ1) is 6.73. The molecule has 0 N–H and O–H groups in total. The van der Waals surface area contributed by atoms with Gasteiger partial charge in [-0.15, -0.1) is 0 Å². The largest absolute Gasteiger partial charge is 0.307 e. The Bertz CT molecular complexity index is 410. The van der Waals surface area contributed by atoms with E-state index in [0.717, 1.165) is 6.07 Å². The van der Waals surface area contributed by atoms with Crippen LogP contribution in [0.3, 0.4) is 0 Å². The van der Waals surface area contributed by atoms with Crippen LogP contribution in [0.25, 0.3) is 0 Å². The summed E-state index contributed by atoms with van der Waals surface area (Å²) in [4.78, 5) is 11.1. The van der Waals surface area contributed by atoms with Gasteiger partial charge in [0.05, 0.1) is 5.56 Å². The number of carbonyl (C=O) groups excluding carboxylic acids is 1. The Morgan fingerprint density at radius 2 is 1.93 bits per heavy atom. The maximum absolute atomic E-state index is 13.3. The Labute approximate surface area is 89.9 Å². The van der Waals surface area contributed by atoms with Gasteiger partial charge in [0.1, 0.15) is 5.82 Å². The van der Waals surface area contributed by atoms with Crippen LogP contribution in [-0.2, 0) is 0 Å². The molecule has 0 fully saturated rings. The van der Waals surface area contributed by atoms with E-state index in [1.165, 1.54) is 13.0 Å². The topological polar surface area (TPSA) is 17.1 Å². The number of ketones is 1. The monoisotopic (exact) mass is 236 g/mol. The van der Waals surface area contributed by atoms with Crippen molar-refractivity contribution >= 4 is 17.4 Å². The van der Waals surface area contributed by atoms with Gasteiger partial charge in [-0.3, -0.25) is 4.79 Å². The minimum atomic E-state index is -3.60. The average Bonchev–Trinajstić information content (AvgIpc) is 2.08. The predicted molar refractivity (Wildman–Crippen MR) is 51.1 cm³/mol. The summed E-state index contributed by atoms with van der Waals surface area (Å²) in [5, 5.41) is 0.0569. The third-order valence-electron chi connectivity index (χ3n) is 1.86. The smallest absolute Gasteiger partial charge is 0.287 e. The molecule has 0 aromatic heterocycles. The fraction of sp³-hybridized carbons (Fsp3) is 0.300. The van der Waals surface area contributed by atoms with Crippen molar-refractivity contribution in [1.29, 1.82) is 0 Å². The molecule has 0 spiro atoms. The molecule has 0 radical (unpaired) electrons. The lowest BCUT2D eigenvalue weighted by Crippen LogP contribution is -2.25. The SMILES string of the molecule is Cc1cc(Cl)cc(C(=O)C(C)(F)F)c1F. The minimum Gasteiger partial charge on any atom is -0.287 e. The molecular weight excluding hydrogens is 229 g/mol. The van der Waals surface area contributed by atoms with E-state index in [1.54, 1.807) is 0 Å². The van der Waals surface area contributed by atoms with Gasteiger partial charge in [0.25, 0.3) is 0 Å². The first-order valence-electron chi connectivity index (χ1n) is 4.11. The van der Waals surface area contributed by atoms with E-state index in [1.807, 2.05) is 0 Å². The summed E-state index contributed by atoms with van der Waals surface area (Å²) in [6.45, 7) is 1.77. The van der Waals surface area contributed by atoms with Crippen molar-refractivity contribution in [3.8, 4) is 0 Å². The molecule has 0 aliphatic heterocycles. The highest BCUT2D eigenvalue weighted by molar-refractivity contribution is 6.31. The zero-order valence-corrected chi connectivity index (χ0v) is 8.83. The number of Topliss-reactive ketones (excluding diaryl/α,β-unsaturated/α-hetero) is 1. The summed E-state index contributed by atoms with van der Waals surface area (Å²) < 4.78 is 38.7. The van der Waals surface area contributed by atoms with Gasteiger partial charge in [-0.2, -0.15) is 8.78 Å². The lowest BCUT2D eigenvalue weighted by molar-refractivity contribution is 0.0217. The molecule has 1 rings (SSSR count). The van der Waals surface area contributed by atoms with E-state index in [9.17, 15) is 18.0 Å². The average molecular weight is 237 g/mol. The molecule has 0 saturated carbocycles. The van der Waals surface area contributed by atoms with Crippen molar-refractivity contribution in [3.63, 3.8) is 0 Å². The molecule has 0 bridgehead atoms. The summed E-state index contributed by atoms with van der Waals surface area (Å²) in [5.74, 6) is -6.12. The zero-order valence-electron chi connectivity index (χ0n) is 8.07. The van der Waals surface area contributed by atoms with Crippen LogP contribution in [0.4, 0.5) is 13.2 Å². The van der Waals surface area contributed by atoms with E-state index in [-0.39, 0.29) is 10.6 Å². The molecule has 15 heavy (non-hydrogen) atoms. The maximum atomic E-state index is 13.3. The molecule has 0 saturated heterocycles. The Kier molecular flexibility index (Phi) is 3.09. The zero-order chi connectivity index (χ0) is 11.8. The van der Waals surface area contributed by atoms with Crippen LogP contribution in [0.5, 0.6) is 0 Å². The quantitative estimate of drug-likeness (QED) is 0.717. The molecule has 1 aromatic rings. The minimum absolute atomic E-state index is 0.0569. The lowest BCUT2D eigenvalue weighted by atomic mass is 10.0. The lowest BCUT2D eigenvalue weighted by Gasteiger charge is -2.11. The third kappa shape index (κ3) is 2.50. The van der Waals surface area contributed by atoms with Crippen molar-refractivity contribution in [2.75, 3.05) is 0 Å². The van der Waals surface area contributed by atoms with E-state index >= 15 is 0 Å². The van der Waals surface area contributed by atoms with E-state index in [0.29, 0.717) is 6.92 Å². The Balaban J connectivity index is 3.32. The van der Waals surface area contributed by atoms with Crippen molar-refractivity contribution in [3.05, 3.63) is 34.1 Å². The molecule has 0 unspecified atom stereocenters. The highest BCUT2D eigenvalue weighted by Gasteiger charge is 2.35. The van der Waals surface area contributed by atoms with Crippen LogP contribution in [0.15, 0.2) is 12.1 Å². The number of rotatable bonds is 2. The molecule has 1 aromatic carbocycles. The van der Waals surface area contributed by atoms with Crippen LogP contribution in [-0.4, -0.2) is 11.7 Å².